The number of fused-ring (bicyclic) bond motifs is 1. The molecule has 6 nitrogen and oxygen atoms in total. The fourth-order valence-corrected chi connectivity index (χ4v) is 4.18. The van der Waals surface area contributed by atoms with Gasteiger partial charge in [0.2, 0.25) is 0 Å². The third-order valence-electron chi connectivity index (χ3n) is 4.34. The summed E-state index contributed by atoms with van der Waals surface area (Å²) in [5, 5.41) is 6.95. The molecule has 0 radical (unpaired) electrons. The van der Waals surface area contributed by atoms with Crippen molar-refractivity contribution in [3.63, 3.8) is 0 Å². The van der Waals surface area contributed by atoms with Crippen molar-refractivity contribution in [2.24, 2.45) is 0 Å². The largest absolute Gasteiger partial charge is 0.382 e. The third kappa shape index (κ3) is 3.13. The highest BCUT2D eigenvalue weighted by atomic mass is 32.1. The van der Waals surface area contributed by atoms with E-state index < -0.39 is 0 Å². The summed E-state index contributed by atoms with van der Waals surface area (Å²) in [6.45, 7) is 5.08. The normalized spacial score (nSPS) is 25.6. The molecule has 0 saturated carbocycles. The fourth-order valence-electron chi connectivity index (χ4n) is 3.33. The molecule has 1 amide bonds. The number of rotatable bonds is 4. The molecule has 2 unspecified atom stereocenters. The number of nitrogens with two attached hydrogens (primary N) is 1. The molecular formula is C14H23N5OS. The van der Waals surface area contributed by atoms with Crippen LogP contribution in [0.3, 0.4) is 0 Å². The quantitative estimate of drug-likeness (QED) is 0.785. The molecule has 0 spiro atoms. The molecule has 0 bridgehead atoms. The van der Waals surface area contributed by atoms with E-state index in [1.165, 1.54) is 30.7 Å². The Labute approximate surface area is 129 Å². The Bertz CT molecular complexity index is 517. The highest BCUT2D eigenvalue weighted by Crippen LogP contribution is 2.28. The van der Waals surface area contributed by atoms with Gasteiger partial charge in [-0.2, -0.15) is 0 Å². The number of amides is 1. The lowest BCUT2D eigenvalue weighted by Gasteiger charge is -2.35. The first-order valence-electron chi connectivity index (χ1n) is 7.72. The van der Waals surface area contributed by atoms with Crippen LogP contribution in [-0.2, 0) is 0 Å². The topological polar surface area (TPSA) is 83.3 Å². The molecule has 21 heavy (non-hydrogen) atoms. The number of nitrogens with zero attached hydrogens (tertiary/aromatic N) is 2. The number of aromatic nitrogens is 1. The Morgan fingerprint density at radius 2 is 2.33 bits per heavy atom. The summed E-state index contributed by atoms with van der Waals surface area (Å²) in [4.78, 5) is 19.6. The molecule has 116 valence electrons. The maximum atomic E-state index is 12.4. The number of nitrogen functional groups attached to an aromatic ring is 1. The van der Waals surface area contributed by atoms with Gasteiger partial charge in [0.25, 0.3) is 5.91 Å². The van der Waals surface area contributed by atoms with Gasteiger partial charge >= 0.3 is 0 Å². The summed E-state index contributed by atoms with van der Waals surface area (Å²) in [7, 11) is 0. The Morgan fingerprint density at radius 3 is 3.14 bits per heavy atom. The van der Waals surface area contributed by atoms with Crippen LogP contribution in [0.2, 0.25) is 0 Å². The van der Waals surface area contributed by atoms with E-state index in [1.54, 1.807) is 0 Å². The Kier molecular flexibility index (Phi) is 4.30. The highest BCUT2D eigenvalue weighted by Gasteiger charge is 2.32. The van der Waals surface area contributed by atoms with E-state index in [4.69, 9.17) is 5.73 Å². The van der Waals surface area contributed by atoms with Crippen LogP contribution >= 0.6 is 11.3 Å². The summed E-state index contributed by atoms with van der Waals surface area (Å²) in [5.74, 6) is 0.248. The van der Waals surface area contributed by atoms with Gasteiger partial charge in [-0.25, -0.2) is 4.98 Å². The van der Waals surface area contributed by atoms with Crippen LogP contribution in [0.15, 0.2) is 0 Å². The number of nitrogens with one attached hydrogen (secondary N) is 2. The lowest BCUT2D eigenvalue weighted by molar-refractivity contribution is 0.0901. The third-order valence-corrected chi connectivity index (χ3v) is 5.37. The summed E-state index contributed by atoms with van der Waals surface area (Å²) >= 11 is 1.33. The number of carbonyl (C=O) groups excluding carboxylic acids is 1. The number of hydrogen-bond donors (Lipinski definition) is 3. The van der Waals surface area contributed by atoms with Crippen LogP contribution in [0, 0.1) is 0 Å². The average Bonchev–Trinajstić information content (AvgIpc) is 3.05. The highest BCUT2D eigenvalue weighted by molar-refractivity contribution is 7.18. The van der Waals surface area contributed by atoms with Gasteiger partial charge < -0.3 is 21.3 Å². The monoisotopic (exact) mass is 309 g/mol. The number of piperidine rings is 1. The Balaban J connectivity index is 1.61. The van der Waals surface area contributed by atoms with Crippen molar-refractivity contribution >= 4 is 28.2 Å². The molecule has 1 aromatic heterocycles. The zero-order chi connectivity index (χ0) is 14.8. The van der Waals surface area contributed by atoms with E-state index >= 15 is 0 Å². The Hall–Kier alpha value is -1.34. The van der Waals surface area contributed by atoms with Gasteiger partial charge in [-0.15, -0.1) is 0 Å². The Morgan fingerprint density at radius 1 is 1.48 bits per heavy atom. The fraction of sp³-hybridized carbons (Fsp3) is 0.714. The molecule has 4 N–H and O–H groups in total. The molecule has 2 aliphatic rings. The second-order valence-electron chi connectivity index (χ2n) is 5.79. The van der Waals surface area contributed by atoms with Gasteiger partial charge in [0.1, 0.15) is 10.7 Å². The first-order chi connectivity index (χ1) is 10.2. The lowest BCUT2D eigenvalue weighted by Crippen LogP contribution is -2.47. The number of thiazole rings is 1. The van der Waals surface area contributed by atoms with Crippen molar-refractivity contribution < 1.29 is 4.79 Å². The molecule has 3 rings (SSSR count). The summed E-state index contributed by atoms with van der Waals surface area (Å²) in [6.07, 6.45) is 4.64. The van der Waals surface area contributed by atoms with Gasteiger partial charge in [0.15, 0.2) is 5.13 Å². The number of carbonyl (C=O) groups is 1. The zero-order valence-electron chi connectivity index (χ0n) is 12.4. The van der Waals surface area contributed by atoms with Gasteiger partial charge in [-0.3, -0.25) is 4.79 Å². The van der Waals surface area contributed by atoms with Crippen molar-refractivity contribution in [2.45, 2.75) is 44.7 Å². The van der Waals surface area contributed by atoms with Crippen LogP contribution in [0.5, 0.6) is 0 Å². The van der Waals surface area contributed by atoms with E-state index in [-0.39, 0.29) is 11.9 Å². The van der Waals surface area contributed by atoms with E-state index in [0.717, 1.165) is 25.9 Å². The van der Waals surface area contributed by atoms with Crippen LogP contribution in [0.25, 0.3) is 0 Å². The molecule has 7 heteroatoms. The number of hydrogen-bond acceptors (Lipinski definition) is 6. The van der Waals surface area contributed by atoms with Crippen molar-refractivity contribution in [2.75, 3.05) is 30.7 Å². The predicted molar refractivity (Wildman–Crippen MR) is 85.8 cm³/mol. The summed E-state index contributed by atoms with van der Waals surface area (Å²) < 4.78 is 0. The SMILES string of the molecule is CCNc1nc(N)c(C(=O)NC2CCN3CCCC3C2)s1. The smallest absolute Gasteiger partial charge is 0.265 e. The first-order valence-corrected chi connectivity index (χ1v) is 8.54. The average molecular weight is 309 g/mol. The zero-order valence-corrected chi connectivity index (χ0v) is 13.2. The molecule has 2 fully saturated rings. The summed E-state index contributed by atoms with van der Waals surface area (Å²) in [5.41, 5.74) is 5.85. The lowest BCUT2D eigenvalue weighted by atomic mass is 9.97. The molecule has 0 aliphatic carbocycles. The van der Waals surface area contributed by atoms with Crippen molar-refractivity contribution in [3.8, 4) is 0 Å². The van der Waals surface area contributed by atoms with Crippen molar-refractivity contribution in [3.05, 3.63) is 4.88 Å². The standard InChI is InChI=1S/C14H23N5OS/c1-2-16-14-18-12(15)11(21-14)13(20)17-9-5-7-19-6-3-4-10(19)8-9/h9-10H,2-8,15H2,1H3,(H,16,18)(H,17,20). The van der Waals surface area contributed by atoms with Crippen molar-refractivity contribution in [1.29, 1.82) is 0 Å². The summed E-state index contributed by atoms with van der Waals surface area (Å²) in [6, 6.07) is 0.918. The second-order valence-corrected chi connectivity index (χ2v) is 6.79. The van der Waals surface area contributed by atoms with Crippen LogP contribution in [0.4, 0.5) is 10.9 Å². The molecule has 2 atom stereocenters. The number of anilines is 2. The molecule has 0 aromatic carbocycles. The van der Waals surface area contributed by atoms with Crippen LogP contribution in [-0.4, -0.2) is 47.5 Å². The van der Waals surface area contributed by atoms with Gasteiger partial charge in [0.05, 0.1) is 0 Å². The minimum absolute atomic E-state index is 0.0781. The maximum absolute atomic E-state index is 12.4. The van der Waals surface area contributed by atoms with E-state index in [1.807, 2.05) is 6.92 Å². The van der Waals surface area contributed by atoms with Crippen LogP contribution < -0.4 is 16.4 Å². The minimum Gasteiger partial charge on any atom is -0.382 e. The van der Waals surface area contributed by atoms with Crippen molar-refractivity contribution in [1.82, 2.24) is 15.2 Å². The van der Waals surface area contributed by atoms with Crippen LogP contribution in [0.1, 0.15) is 42.3 Å². The van der Waals surface area contributed by atoms with E-state index in [0.29, 0.717) is 21.9 Å². The first kappa shape index (κ1) is 14.6. The molecule has 2 aliphatic heterocycles. The molecule has 3 heterocycles. The van der Waals surface area contributed by atoms with E-state index in [2.05, 4.69) is 20.5 Å². The van der Waals surface area contributed by atoms with Gasteiger partial charge in [-0.05, 0) is 39.2 Å². The predicted octanol–water partition coefficient (Wildman–Crippen LogP) is 1.51. The second kappa shape index (κ2) is 6.19. The minimum atomic E-state index is -0.0781. The van der Waals surface area contributed by atoms with Gasteiger partial charge in [0, 0.05) is 25.2 Å². The molecular weight excluding hydrogens is 286 g/mol. The molecule has 1 aromatic rings. The maximum Gasteiger partial charge on any atom is 0.265 e. The van der Waals surface area contributed by atoms with Gasteiger partial charge in [-0.1, -0.05) is 11.3 Å². The molecule has 2 saturated heterocycles. The van der Waals surface area contributed by atoms with E-state index in [9.17, 15) is 4.79 Å².